The minimum absolute atomic E-state index is 0.0343. The van der Waals surface area contributed by atoms with Gasteiger partial charge in [-0.3, -0.25) is 14.4 Å². The van der Waals surface area contributed by atoms with Crippen molar-refractivity contribution in [2.24, 2.45) is 5.73 Å². The summed E-state index contributed by atoms with van der Waals surface area (Å²) in [7, 11) is 0. The number of rotatable bonds is 9. The summed E-state index contributed by atoms with van der Waals surface area (Å²) in [6.07, 6.45) is 2.00. The molecular weight excluding hydrogens is 420 g/mol. The summed E-state index contributed by atoms with van der Waals surface area (Å²) in [5.74, 6) is -0.281. The number of primary amides is 1. The number of aromatic nitrogens is 1. The monoisotopic (exact) mass is 440 g/mol. The van der Waals surface area contributed by atoms with E-state index < -0.39 is 11.8 Å². The molecule has 160 valence electrons. The molecule has 4 N–H and O–H groups in total. The second-order valence-corrected chi connectivity index (χ2v) is 7.07. The quantitative estimate of drug-likeness (QED) is 0.471. The second-order valence-electron chi connectivity index (χ2n) is 6.66. The number of amides is 3. The number of nitrogens with one attached hydrogen (secondary N) is 2. The normalized spacial score (nSPS) is 10.5. The lowest BCUT2D eigenvalue weighted by molar-refractivity contribution is -0.118. The number of halogens is 1. The van der Waals surface area contributed by atoms with Crippen molar-refractivity contribution in [3.8, 4) is 11.3 Å². The van der Waals surface area contributed by atoms with Gasteiger partial charge < -0.3 is 20.8 Å². The first kappa shape index (κ1) is 22.0. The summed E-state index contributed by atoms with van der Waals surface area (Å²) in [5, 5.41) is 5.87. The van der Waals surface area contributed by atoms with Gasteiger partial charge in [-0.2, -0.15) is 0 Å². The van der Waals surface area contributed by atoms with Gasteiger partial charge in [-0.05, 0) is 24.3 Å². The number of anilines is 1. The molecule has 0 saturated heterocycles. The van der Waals surface area contributed by atoms with Crippen LogP contribution in [0.1, 0.15) is 29.1 Å². The highest BCUT2D eigenvalue weighted by atomic mass is 35.5. The summed E-state index contributed by atoms with van der Waals surface area (Å²) in [4.78, 5) is 39.7. The number of hydrogen-bond acceptors (Lipinski definition) is 5. The summed E-state index contributed by atoms with van der Waals surface area (Å²) in [6, 6.07) is 13.8. The predicted molar refractivity (Wildman–Crippen MR) is 116 cm³/mol. The van der Waals surface area contributed by atoms with E-state index in [1.54, 1.807) is 36.5 Å². The van der Waals surface area contributed by atoms with Gasteiger partial charge in [-0.25, -0.2) is 4.98 Å². The van der Waals surface area contributed by atoms with Gasteiger partial charge in [0.25, 0.3) is 5.91 Å². The molecule has 0 aliphatic carbocycles. The summed E-state index contributed by atoms with van der Waals surface area (Å²) >= 11 is 6.17. The van der Waals surface area contributed by atoms with Gasteiger partial charge in [0.2, 0.25) is 11.8 Å². The van der Waals surface area contributed by atoms with E-state index in [0.29, 0.717) is 22.4 Å². The molecule has 3 amide bonds. The van der Waals surface area contributed by atoms with Crippen molar-refractivity contribution in [2.45, 2.75) is 19.3 Å². The summed E-state index contributed by atoms with van der Waals surface area (Å²) < 4.78 is 5.70. The van der Waals surface area contributed by atoms with Gasteiger partial charge in [0.15, 0.2) is 11.7 Å². The molecule has 31 heavy (non-hydrogen) atoms. The molecule has 2 aromatic carbocycles. The van der Waals surface area contributed by atoms with Crippen molar-refractivity contribution < 1.29 is 18.8 Å². The van der Waals surface area contributed by atoms with E-state index in [-0.39, 0.29) is 37.3 Å². The third-order valence-electron chi connectivity index (χ3n) is 4.36. The largest absolute Gasteiger partial charge is 0.441 e. The number of carbonyl (C=O) groups is 3. The maximum absolute atomic E-state index is 12.4. The molecule has 1 heterocycles. The van der Waals surface area contributed by atoms with Crippen LogP contribution in [0, 0.1) is 0 Å². The Hall–Kier alpha value is -3.65. The van der Waals surface area contributed by atoms with Gasteiger partial charge in [0.1, 0.15) is 0 Å². The van der Waals surface area contributed by atoms with Crippen molar-refractivity contribution in [1.82, 2.24) is 10.3 Å². The lowest BCUT2D eigenvalue weighted by Gasteiger charge is -2.11. The lowest BCUT2D eigenvalue weighted by Crippen LogP contribution is -2.28. The van der Waals surface area contributed by atoms with Gasteiger partial charge >= 0.3 is 0 Å². The molecule has 8 nitrogen and oxygen atoms in total. The molecule has 0 spiro atoms. The maximum Gasteiger partial charge on any atom is 0.253 e. The number of hydrogen-bond donors (Lipinski definition) is 3. The highest BCUT2D eigenvalue weighted by Crippen LogP contribution is 2.28. The Morgan fingerprint density at radius 1 is 1.03 bits per heavy atom. The Labute approximate surface area is 183 Å². The van der Waals surface area contributed by atoms with Crippen LogP contribution < -0.4 is 16.4 Å². The minimum Gasteiger partial charge on any atom is -0.441 e. The van der Waals surface area contributed by atoms with Gasteiger partial charge in [0, 0.05) is 31.4 Å². The number of nitrogens with zero attached hydrogens (tertiary/aromatic N) is 1. The van der Waals surface area contributed by atoms with E-state index in [9.17, 15) is 14.4 Å². The number of oxazole rings is 1. The van der Waals surface area contributed by atoms with Crippen molar-refractivity contribution in [3.63, 3.8) is 0 Å². The Morgan fingerprint density at radius 3 is 2.55 bits per heavy atom. The Bertz CT molecular complexity index is 1100. The van der Waals surface area contributed by atoms with Gasteiger partial charge in [-0.1, -0.05) is 35.9 Å². The molecule has 0 saturated carbocycles. The smallest absolute Gasteiger partial charge is 0.253 e. The van der Waals surface area contributed by atoms with Crippen molar-refractivity contribution in [3.05, 3.63) is 71.2 Å². The molecule has 0 radical (unpaired) electrons. The zero-order valence-corrected chi connectivity index (χ0v) is 17.3. The van der Waals surface area contributed by atoms with Crippen LogP contribution in [0.2, 0.25) is 5.02 Å². The molecule has 3 aromatic rings. The van der Waals surface area contributed by atoms with E-state index in [1.807, 2.05) is 18.2 Å². The number of carbonyl (C=O) groups excluding carboxylic acids is 3. The SMILES string of the molecule is NC(=O)CCNC(=O)c1ccccc1NC(=O)CCc1ncc(-c2ccccc2Cl)o1. The van der Waals surface area contributed by atoms with E-state index in [4.69, 9.17) is 21.8 Å². The number of nitrogens with two attached hydrogens (primary N) is 1. The van der Waals surface area contributed by atoms with E-state index in [0.717, 1.165) is 5.56 Å². The summed E-state index contributed by atoms with van der Waals surface area (Å²) in [6.45, 7) is 0.119. The maximum atomic E-state index is 12.4. The molecule has 0 fully saturated rings. The van der Waals surface area contributed by atoms with Gasteiger partial charge in [-0.15, -0.1) is 0 Å². The van der Waals surface area contributed by atoms with Crippen LogP contribution in [0.4, 0.5) is 5.69 Å². The minimum atomic E-state index is -0.508. The van der Waals surface area contributed by atoms with Gasteiger partial charge in [0.05, 0.1) is 22.5 Å². The van der Waals surface area contributed by atoms with Crippen LogP contribution in [0.5, 0.6) is 0 Å². The summed E-state index contributed by atoms with van der Waals surface area (Å²) in [5.41, 5.74) is 6.45. The predicted octanol–water partition coefficient (Wildman–Crippen LogP) is 3.17. The zero-order valence-electron chi connectivity index (χ0n) is 16.6. The fourth-order valence-corrected chi connectivity index (χ4v) is 3.06. The fourth-order valence-electron chi connectivity index (χ4n) is 2.83. The molecule has 0 aliphatic rings. The first-order valence-electron chi connectivity index (χ1n) is 9.59. The first-order valence-corrected chi connectivity index (χ1v) is 9.97. The molecule has 1 aromatic heterocycles. The first-order chi connectivity index (χ1) is 14.9. The Balaban J connectivity index is 1.58. The van der Waals surface area contributed by atoms with Crippen molar-refractivity contribution >= 4 is 35.0 Å². The highest BCUT2D eigenvalue weighted by Gasteiger charge is 2.15. The lowest BCUT2D eigenvalue weighted by atomic mass is 10.1. The van der Waals surface area contributed by atoms with Crippen LogP contribution in [-0.4, -0.2) is 29.3 Å². The van der Waals surface area contributed by atoms with Crippen LogP contribution >= 0.6 is 11.6 Å². The number of benzene rings is 2. The third-order valence-corrected chi connectivity index (χ3v) is 4.69. The molecule has 0 unspecified atom stereocenters. The molecular formula is C22H21ClN4O4. The van der Waals surface area contributed by atoms with E-state index >= 15 is 0 Å². The van der Waals surface area contributed by atoms with Crippen LogP contribution in [-0.2, 0) is 16.0 Å². The van der Waals surface area contributed by atoms with E-state index in [1.165, 1.54) is 0 Å². The van der Waals surface area contributed by atoms with E-state index in [2.05, 4.69) is 15.6 Å². The van der Waals surface area contributed by atoms with Crippen LogP contribution in [0.15, 0.2) is 59.1 Å². The van der Waals surface area contributed by atoms with Crippen LogP contribution in [0.25, 0.3) is 11.3 Å². The number of aryl methyl sites for hydroxylation is 1. The highest BCUT2D eigenvalue weighted by molar-refractivity contribution is 6.33. The molecule has 3 rings (SSSR count). The average Bonchev–Trinajstić information content (AvgIpc) is 3.21. The standard InChI is InChI=1S/C22H21ClN4O4/c23-16-7-3-1-5-14(16)18-13-26-21(31-18)10-9-20(29)27-17-8-4-2-6-15(17)22(30)25-12-11-19(24)28/h1-8,13H,9-12H2,(H2,24,28)(H,25,30)(H,27,29). The zero-order chi connectivity index (χ0) is 22.2. The van der Waals surface area contributed by atoms with Crippen molar-refractivity contribution in [2.75, 3.05) is 11.9 Å². The third kappa shape index (κ3) is 6.16. The molecule has 0 atom stereocenters. The molecule has 0 bridgehead atoms. The van der Waals surface area contributed by atoms with Crippen molar-refractivity contribution in [1.29, 1.82) is 0 Å². The molecule has 9 heteroatoms. The second kappa shape index (κ2) is 10.4. The average molecular weight is 441 g/mol. The molecule has 0 aliphatic heterocycles. The van der Waals surface area contributed by atoms with Crippen LogP contribution in [0.3, 0.4) is 0 Å². The number of para-hydroxylation sites is 1. The Kier molecular flexibility index (Phi) is 7.40. The Morgan fingerprint density at radius 2 is 1.77 bits per heavy atom. The topological polar surface area (TPSA) is 127 Å². The fraction of sp³-hybridized carbons (Fsp3) is 0.182.